The summed E-state index contributed by atoms with van der Waals surface area (Å²) in [5.74, 6) is -0.504. The van der Waals surface area contributed by atoms with Crippen LogP contribution in [0.5, 0.6) is 0 Å². The van der Waals surface area contributed by atoms with Crippen LogP contribution in [-0.4, -0.2) is 25.2 Å². The molecule has 1 aromatic carbocycles. The molecule has 1 aliphatic rings. The number of rotatable bonds is 2. The van der Waals surface area contributed by atoms with Crippen molar-refractivity contribution >= 4 is 28.5 Å². The van der Waals surface area contributed by atoms with E-state index >= 15 is 0 Å². The summed E-state index contributed by atoms with van der Waals surface area (Å²) < 4.78 is 3.44. The lowest BCUT2D eigenvalue weighted by atomic mass is 10.1. The topological polar surface area (TPSA) is 101 Å². The number of hydrogen-bond acceptors (Lipinski definition) is 4. The summed E-state index contributed by atoms with van der Waals surface area (Å²) in [6.45, 7) is 2.46. The zero-order chi connectivity index (χ0) is 19.3. The highest BCUT2D eigenvalue weighted by molar-refractivity contribution is 5.93. The Balaban J connectivity index is 1.91. The van der Waals surface area contributed by atoms with E-state index in [0.717, 1.165) is 16.8 Å². The number of nitrogens with zero attached hydrogens (tertiary/aromatic N) is 4. The van der Waals surface area contributed by atoms with Gasteiger partial charge in [-0.1, -0.05) is 0 Å². The Kier molecular flexibility index (Phi) is 3.70. The molecule has 0 unspecified atom stereocenters. The van der Waals surface area contributed by atoms with E-state index in [-0.39, 0.29) is 11.1 Å². The molecule has 0 atom stereocenters. The molecule has 0 aliphatic carbocycles. The van der Waals surface area contributed by atoms with Gasteiger partial charge in [-0.25, -0.2) is 9.78 Å². The summed E-state index contributed by atoms with van der Waals surface area (Å²) in [7, 11) is 1.84. The normalized spacial score (nSPS) is 14.5. The maximum absolute atomic E-state index is 12.8. The van der Waals surface area contributed by atoms with Crippen LogP contribution in [0.2, 0.25) is 0 Å². The van der Waals surface area contributed by atoms with E-state index in [1.54, 1.807) is 4.57 Å². The van der Waals surface area contributed by atoms with Crippen molar-refractivity contribution in [3.8, 4) is 6.07 Å². The number of benzene rings is 1. The second-order valence-corrected chi connectivity index (χ2v) is 6.59. The summed E-state index contributed by atoms with van der Waals surface area (Å²) in [4.78, 5) is 28.6. The van der Waals surface area contributed by atoms with E-state index in [1.165, 1.54) is 18.2 Å². The van der Waals surface area contributed by atoms with Crippen LogP contribution >= 0.6 is 0 Å². The highest BCUT2D eigenvalue weighted by atomic mass is 16.4. The van der Waals surface area contributed by atoms with Gasteiger partial charge in [0.25, 0.3) is 5.56 Å². The Morgan fingerprint density at radius 1 is 1.37 bits per heavy atom. The molecule has 1 aliphatic heterocycles. The van der Waals surface area contributed by atoms with E-state index < -0.39 is 5.97 Å². The second kappa shape index (κ2) is 5.95. The number of carbonyl (C=O) groups is 1. The average Bonchev–Trinajstić information content (AvgIpc) is 3.17. The van der Waals surface area contributed by atoms with Crippen LogP contribution in [0, 0.1) is 18.3 Å². The van der Waals surface area contributed by atoms with Crippen molar-refractivity contribution in [3.05, 3.63) is 63.0 Å². The standard InChI is InChI=1S/C20H16N4O3/c1-11-14(8-15(10-21)23(11)2)7-12-5-6-24-18(12)22-17-9-13(20(26)27)3-4-16(17)19(24)25/h3-4,7-9H,5-6H2,1-2H3,(H,26,27)/b12-7+. The zero-order valence-electron chi connectivity index (χ0n) is 14.9. The maximum atomic E-state index is 12.8. The van der Waals surface area contributed by atoms with Crippen molar-refractivity contribution in [2.75, 3.05) is 0 Å². The molecule has 3 heterocycles. The van der Waals surface area contributed by atoms with Crippen LogP contribution < -0.4 is 5.56 Å². The van der Waals surface area contributed by atoms with Crippen molar-refractivity contribution in [1.82, 2.24) is 14.1 Å². The highest BCUT2D eigenvalue weighted by Crippen LogP contribution is 2.29. The Morgan fingerprint density at radius 3 is 2.81 bits per heavy atom. The third-order valence-corrected chi connectivity index (χ3v) is 5.11. The first-order chi connectivity index (χ1) is 12.9. The summed E-state index contributed by atoms with van der Waals surface area (Å²) >= 11 is 0. The summed E-state index contributed by atoms with van der Waals surface area (Å²) in [6, 6.07) is 8.34. The van der Waals surface area contributed by atoms with Crippen LogP contribution in [0.4, 0.5) is 0 Å². The number of fused-ring (bicyclic) bond motifs is 2. The smallest absolute Gasteiger partial charge is 0.335 e. The monoisotopic (exact) mass is 360 g/mol. The number of aromatic nitrogens is 3. The van der Waals surface area contributed by atoms with Gasteiger partial charge in [0.05, 0.1) is 16.5 Å². The van der Waals surface area contributed by atoms with E-state index in [2.05, 4.69) is 11.1 Å². The van der Waals surface area contributed by atoms with Crippen molar-refractivity contribution in [2.24, 2.45) is 7.05 Å². The number of carboxylic acids is 1. The van der Waals surface area contributed by atoms with Gasteiger partial charge in [-0.3, -0.25) is 9.36 Å². The maximum Gasteiger partial charge on any atom is 0.335 e. The summed E-state index contributed by atoms with van der Waals surface area (Å²) in [5, 5.41) is 18.8. The first kappa shape index (κ1) is 16.8. The van der Waals surface area contributed by atoms with E-state index in [1.807, 2.05) is 30.7 Å². The molecule has 0 saturated carbocycles. The van der Waals surface area contributed by atoms with Crippen LogP contribution in [-0.2, 0) is 13.6 Å². The van der Waals surface area contributed by atoms with E-state index in [4.69, 9.17) is 0 Å². The fourth-order valence-corrected chi connectivity index (χ4v) is 3.45. The SMILES string of the molecule is Cc1c(/C=C2\CCn3c2nc2cc(C(=O)O)ccc2c3=O)cc(C#N)n1C. The van der Waals surface area contributed by atoms with Crippen LogP contribution in [0.15, 0.2) is 29.1 Å². The van der Waals surface area contributed by atoms with Gasteiger partial charge in [0.15, 0.2) is 0 Å². The minimum absolute atomic E-state index is 0.0976. The minimum atomic E-state index is -1.06. The van der Waals surface area contributed by atoms with Gasteiger partial charge >= 0.3 is 5.97 Å². The van der Waals surface area contributed by atoms with Gasteiger partial charge in [0, 0.05) is 19.3 Å². The Morgan fingerprint density at radius 2 is 2.15 bits per heavy atom. The van der Waals surface area contributed by atoms with Crippen LogP contribution in [0.25, 0.3) is 22.6 Å². The molecule has 7 nitrogen and oxygen atoms in total. The lowest BCUT2D eigenvalue weighted by Crippen LogP contribution is -2.21. The van der Waals surface area contributed by atoms with Crippen LogP contribution in [0.3, 0.4) is 0 Å². The van der Waals surface area contributed by atoms with Gasteiger partial charge < -0.3 is 9.67 Å². The molecule has 0 amide bonds. The first-order valence-corrected chi connectivity index (χ1v) is 8.46. The van der Waals surface area contributed by atoms with Gasteiger partial charge in [-0.15, -0.1) is 0 Å². The third kappa shape index (κ3) is 2.54. The van der Waals surface area contributed by atoms with Gasteiger partial charge in [-0.05, 0) is 54.8 Å². The molecule has 0 fully saturated rings. The lowest BCUT2D eigenvalue weighted by molar-refractivity contribution is 0.0697. The Hall–Kier alpha value is -3.66. The fraction of sp³-hybridized carbons (Fsp3) is 0.200. The predicted molar refractivity (Wildman–Crippen MR) is 100 cm³/mol. The van der Waals surface area contributed by atoms with Crippen molar-refractivity contribution < 1.29 is 9.90 Å². The molecule has 2 aromatic heterocycles. The number of aromatic carboxylic acids is 1. The number of hydrogen-bond donors (Lipinski definition) is 1. The molecule has 0 bridgehead atoms. The number of carboxylic acid groups (broad SMARTS) is 1. The lowest BCUT2D eigenvalue weighted by Gasteiger charge is -2.06. The Labute approximate surface area is 154 Å². The molecular weight excluding hydrogens is 344 g/mol. The Bertz CT molecular complexity index is 1250. The molecule has 27 heavy (non-hydrogen) atoms. The van der Waals surface area contributed by atoms with Gasteiger partial charge in [0.1, 0.15) is 17.6 Å². The summed E-state index contributed by atoms with van der Waals surface area (Å²) in [5.41, 5.74) is 3.62. The molecular formula is C20H16N4O3. The van der Waals surface area contributed by atoms with Gasteiger partial charge in [-0.2, -0.15) is 5.26 Å². The number of nitriles is 1. The molecule has 134 valence electrons. The second-order valence-electron chi connectivity index (χ2n) is 6.59. The quantitative estimate of drug-likeness (QED) is 0.757. The van der Waals surface area contributed by atoms with Crippen molar-refractivity contribution in [2.45, 2.75) is 19.9 Å². The number of allylic oxidation sites excluding steroid dienone is 1. The molecule has 0 spiro atoms. The summed E-state index contributed by atoms with van der Waals surface area (Å²) in [6.07, 6.45) is 2.61. The van der Waals surface area contributed by atoms with Crippen LogP contribution in [0.1, 0.15) is 39.6 Å². The largest absolute Gasteiger partial charge is 0.478 e. The third-order valence-electron chi connectivity index (χ3n) is 5.11. The van der Waals surface area contributed by atoms with Gasteiger partial charge in [0.2, 0.25) is 0 Å². The molecule has 3 aromatic rings. The predicted octanol–water partition coefficient (Wildman–Crippen LogP) is 2.56. The molecule has 1 N–H and O–H groups in total. The zero-order valence-corrected chi connectivity index (χ0v) is 14.9. The first-order valence-electron chi connectivity index (χ1n) is 8.46. The highest BCUT2D eigenvalue weighted by Gasteiger charge is 2.22. The molecule has 0 radical (unpaired) electrons. The molecule has 0 saturated heterocycles. The molecule has 7 heteroatoms. The van der Waals surface area contributed by atoms with Crippen molar-refractivity contribution in [3.63, 3.8) is 0 Å². The van der Waals surface area contributed by atoms with E-state index in [0.29, 0.717) is 35.4 Å². The van der Waals surface area contributed by atoms with E-state index in [9.17, 15) is 20.0 Å². The molecule has 4 rings (SSSR count). The average molecular weight is 360 g/mol. The minimum Gasteiger partial charge on any atom is -0.478 e. The fourth-order valence-electron chi connectivity index (χ4n) is 3.45. The van der Waals surface area contributed by atoms with Crippen molar-refractivity contribution in [1.29, 1.82) is 5.26 Å².